The summed E-state index contributed by atoms with van der Waals surface area (Å²) in [5.74, 6) is 0.360. The van der Waals surface area contributed by atoms with E-state index in [9.17, 15) is 4.79 Å². The van der Waals surface area contributed by atoms with E-state index in [-0.39, 0.29) is 5.78 Å². The van der Waals surface area contributed by atoms with Crippen LogP contribution in [0.4, 0.5) is 5.69 Å². The summed E-state index contributed by atoms with van der Waals surface area (Å²) in [5.41, 5.74) is 7.12. The van der Waals surface area contributed by atoms with Crippen molar-refractivity contribution >= 4 is 27.4 Å². The van der Waals surface area contributed by atoms with E-state index >= 15 is 0 Å². The van der Waals surface area contributed by atoms with Crippen molar-refractivity contribution in [1.82, 2.24) is 9.78 Å². The van der Waals surface area contributed by atoms with Crippen LogP contribution in [0, 0.1) is 0 Å². The number of nitrogens with two attached hydrogens (primary N) is 1. The van der Waals surface area contributed by atoms with Gasteiger partial charge >= 0.3 is 0 Å². The molecule has 21 heavy (non-hydrogen) atoms. The second kappa shape index (κ2) is 6.73. The second-order valence-electron chi connectivity index (χ2n) is 4.34. The van der Waals surface area contributed by atoms with Crippen molar-refractivity contribution in [2.75, 3.05) is 26.6 Å². The molecule has 2 N–H and O–H groups in total. The highest BCUT2D eigenvalue weighted by Gasteiger charge is 2.21. The fraction of sp³-hybridized carbons (Fsp3) is 0.286. The molecule has 0 aliphatic carbocycles. The second-order valence-corrected chi connectivity index (χ2v) is 5.19. The zero-order valence-corrected chi connectivity index (χ0v) is 13.4. The number of methoxy groups -OCH3 is 2. The van der Waals surface area contributed by atoms with E-state index in [1.165, 1.54) is 0 Å². The Labute approximate surface area is 131 Å². The van der Waals surface area contributed by atoms with E-state index in [1.807, 2.05) is 0 Å². The fourth-order valence-corrected chi connectivity index (χ4v) is 2.40. The minimum atomic E-state index is -0.216. The first-order valence-electron chi connectivity index (χ1n) is 6.27. The number of nitrogens with zero attached hydrogens (tertiary/aromatic N) is 2. The van der Waals surface area contributed by atoms with Gasteiger partial charge in [0.2, 0.25) is 5.78 Å². The van der Waals surface area contributed by atoms with Gasteiger partial charge in [-0.2, -0.15) is 5.10 Å². The Hall–Kier alpha value is -1.86. The highest BCUT2D eigenvalue weighted by atomic mass is 79.9. The average Bonchev–Trinajstić information content (AvgIpc) is 2.86. The number of hydrogen-bond acceptors (Lipinski definition) is 5. The molecule has 0 amide bonds. The molecule has 0 fully saturated rings. The molecule has 0 aliphatic heterocycles. The Balaban J connectivity index is 2.42. The number of ketones is 1. The van der Waals surface area contributed by atoms with Crippen LogP contribution in [0.15, 0.2) is 28.9 Å². The summed E-state index contributed by atoms with van der Waals surface area (Å²) in [6.45, 7) is 0.940. The van der Waals surface area contributed by atoms with Crippen molar-refractivity contribution in [3.63, 3.8) is 0 Å². The number of anilines is 1. The highest BCUT2D eigenvalue weighted by molar-refractivity contribution is 9.10. The minimum Gasteiger partial charge on any atom is -0.497 e. The molecular weight excluding hydrogens is 338 g/mol. The number of benzene rings is 1. The van der Waals surface area contributed by atoms with E-state index in [0.29, 0.717) is 40.3 Å². The van der Waals surface area contributed by atoms with Gasteiger partial charge in [0.1, 0.15) is 11.4 Å². The van der Waals surface area contributed by atoms with Gasteiger partial charge in [0.05, 0.1) is 36.5 Å². The van der Waals surface area contributed by atoms with Crippen LogP contribution < -0.4 is 10.5 Å². The van der Waals surface area contributed by atoms with Crippen LogP contribution in [0.5, 0.6) is 5.75 Å². The van der Waals surface area contributed by atoms with Crippen LogP contribution in [0.25, 0.3) is 0 Å². The molecule has 7 heteroatoms. The first-order chi connectivity index (χ1) is 10.1. The van der Waals surface area contributed by atoms with Gasteiger partial charge in [0.25, 0.3) is 0 Å². The van der Waals surface area contributed by atoms with Gasteiger partial charge in [-0.1, -0.05) is 0 Å². The van der Waals surface area contributed by atoms with Crippen molar-refractivity contribution in [2.45, 2.75) is 6.54 Å². The first kappa shape index (κ1) is 15.5. The lowest BCUT2D eigenvalue weighted by molar-refractivity contribution is 0.102. The molecule has 2 aromatic rings. The summed E-state index contributed by atoms with van der Waals surface area (Å²) in [6, 6.07) is 4.98. The molecule has 0 radical (unpaired) electrons. The van der Waals surface area contributed by atoms with Crippen LogP contribution in [0.2, 0.25) is 0 Å². The monoisotopic (exact) mass is 353 g/mol. The number of carbonyl (C=O) groups excluding carboxylic acids is 1. The molecule has 112 valence electrons. The molecule has 0 spiro atoms. The van der Waals surface area contributed by atoms with Gasteiger partial charge in [0, 0.05) is 12.8 Å². The molecule has 6 nitrogen and oxygen atoms in total. The Morgan fingerprint density at radius 1 is 1.43 bits per heavy atom. The van der Waals surface area contributed by atoms with E-state index in [4.69, 9.17) is 15.2 Å². The number of nitrogen functional groups attached to an aromatic ring is 1. The summed E-state index contributed by atoms with van der Waals surface area (Å²) in [5, 5.41) is 4.17. The molecule has 1 aromatic carbocycles. The van der Waals surface area contributed by atoms with Gasteiger partial charge < -0.3 is 15.2 Å². The third kappa shape index (κ3) is 3.25. The third-order valence-electron chi connectivity index (χ3n) is 3.02. The lowest BCUT2D eigenvalue weighted by atomic mass is 10.1. The zero-order chi connectivity index (χ0) is 15.4. The predicted octanol–water partition coefficient (Wildman–Crippen LogP) is 2.11. The van der Waals surface area contributed by atoms with Gasteiger partial charge in [-0.15, -0.1) is 0 Å². The topological polar surface area (TPSA) is 79.4 Å². The first-order valence-corrected chi connectivity index (χ1v) is 7.06. The lowest BCUT2D eigenvalue weighted by Gasteiger charge is -2.10. The number of rotatable bonds is 6. The van der Waals surface area contributed by atoms with Crippen LogP contribution >= 0.6 is 15.9 Å². The normalized spacial score (nSPS) is 10.6. The average molecular weight is 354 g/mol. The van der Waals surface area contributed by atoms with Gasteiger partial charge in [0.15, 0.2) is 0 Å². The fourth-order valence-electron chi connectivity index (χ4n) is 1.92. The lowest BCUT2D eigenvalue weighted by Crippen LogP contribution is -2.16. The van der Waals surface area contributed by atoms with Crippen LogP contribution in [0.1, 0.15) is 16.1 Å². The molecule has 0 saturated heterocycles. The summed E-state index contributed by atoms with van der Waals surface area (Å²) in [4.78, 5) is 12.7. The van der Waals surface area contributed by atoms with Crippen LogP contribution in [-0.4, -0.2) is 36.4 Å². The maximum Gasteiger partial charge on any atom is 0.214 e. The van der Waals surface area contributed by atoms with Gasteiger partial charge in [-0.3, -0.25) is 9.48 Å². The summed E-state index contributed by atoms with van der Waals surface area (Å²) in [6.07, 6.45) is 1.58. The van der Waals surface area contributed by atoms with Crippen molar-refractivity contribution in [3.05, 3.63) is 40.1 Å². The molecule has 0 aliphatic rings. The molecular formula is C14H16BrN3O3. The molecule has 0 bridgehead atoms. The van der Waals surface area contributed by atoms with Crippen molar-refractivity contribution < 1.29 is 14.3 Å². The number of carbonyl (C=O) groups is 1. The number of hydrogen-bond donors (Lipinski definition) is 1. The Kier molecular flexibility index (Phi) is 4.98. The SMILES string of the molecule is COCCn1ncc(Br)c1C(=O)c1cc(OC)ccc1N. The quantitative estimate of drug-likeness (QED) is 0.635. The molecule has 2 rings (SSSR count). The van der Waals surface area contributed by atoms with Crippen molar-refractivity contribution in [3.8, 4) is 5.75 Å². The molecule has 1 aromatic heterocycles. The number of ether oxygens (including phenoxy) is 2. The largest absolute Gasteiger partial charge is 0.497 e. The third-order valence-corrected chi connectivity index (χ3v) is 3.60. The van der Waals surface area contributed by atoms with Gasteiger partial charge in [-0.25, -0.2) is 0 Å². The number of aromatic nitrogens is 2. The Bertz CT molecular complexity index is 655. The zero-order valence-electron chi connectivity index (χ0n) is 11.8. The molecule has 1 heterocycles. The van der Waals surface area contributed by atoms with E-state index < -0.39 is 0 Å². The molecule has 0 atom stereocenters. The smallest absolute Gasteiger partial charge is 0.214 e. The summed E-state index contributed by atoms with van der Waals surface area (Å²) < 4.78 is 12.4. The van der Waals surface area contributed by atoms with Crippen molar-refractivity contribution in [2.24, 2.45) is 0 Å². The Morgan fingerprint density at radius 3 is 2.86 bits per heavy atom. The molecule has 0 unspecified atom stereocenters. The van der Waals surface area contributed by atoms with E-state index in [1.54, 1.807) is 43.3 Å². The maximum atomic E-state index is 12.7. The maximum absolute atomic E-state index is 12.7. The van der Waals surface area contributed by atoms with Crippen LogP contribution in [0.3, 0.4) is 0 Å². The Morgan fingerprint density at radius 2 is 2.19 bits per heavy atom. The van der Waals surface area contributed by atoms with E-state index in [0.717, 1.165) is 0 Å². The predicted molar refractivity (Wildman–Crippen MR) is 82.6 cm³/mol. The highest BCUT2D eigenvalue weighted by Crippen LogP contribution is 2.25. The van der Waals surface area contributed by atoms with Crippen LogP contribution in [-0.2, 0) is 11.3 Å². The standard InChI is InChI=1S/C14H16BrN3O3/c1-20-6-5-18-13(11(15)8-17-18)14(19)10-7-9(21-2)3-4-12(10)16/h3-4,7-8H,5-6,16H2,1-2H3. The van der Waals surface area contributed by atoms with Gasteiger partial charge in [-0.05, 0) is 34.1 Å². The van der Waals surface area contributed by atoms with Crippen molar-refractivity contribution in [1.29, 1.82) is 0 Å². The molecule has 0 saturated carbocycles. The number of halogens is 1. The van der Waals surface area contributed by atoms with E-state index in [2.05, 4.69) is 21.0 Å². The minimum absolute atomic E-state index is 0.216. The summed E-state index contributed by atoms with van der Waals surface area (Å²) >= 11 is 3.35. The summed E-state index contributed by atoms with van der Waals surface area (Å²) in [7, 11) is 3.14.